The van der Waals surface area contributed by atoms with E-state index in [1.165, 1.54) is 16.7 Å². The first kappa shape index (κ1) is 21.3. The number of fused-ring (bicyclic) bond motifs is 5. The van der Waals surface area contributed by atoms with E-state index in [4.69, 9.17) is 19.3 Å². The summed E-state index contributed by atoms with van der Waals surface area (Å²) in [4.78, 5) is 0. The summed E-state index contributed by atoms with van der Waals surface area (Å²) in [5.74, 6) is 1.68. The SMILES string of the molecule is COCOc1c(-c2nnc(N[C@@H]3CCCC[C@H]3O)c3c2C[C@@H]2CC[C@H]3O2)ccc2c1CCC2. The highest BCUT2D eigenvalue weighted by atomic mass is 16.7. The van der Waals surface area contributed by atoms with Gasteiger partial charge >= 0.3 is 0 Å². The molecule has 2 aromatic rings. The van der Waals surface area contributed by atoms with Crippen LogP contribution >= 0.6 is 0 Å². The van der Waals surface area contributed by atoms with Crippen molar-refractivity contribution < 1.29 is 19.3 Å². The van der Waals surface area contributed by atoms with E-state index in [2.05, 4.69) is 22.5 Å². The van der Waals surface area contributed by atoms with Crippen molar-refractivity contribution in [3.05, 3.63) is 34.4 Å². The lowest BCUT2D eigenvalue weighted by Gasteiger charge is -2.32. The van der Waals surface area contributed by atoms with Gasteiger partial charge in [-0.15, -0.1) is 10.2 Å². The van der Waals surface area contributed by atoms with Gasteiger partial charge in [-0.25, -0.2) is 0 Å². The molecule has 2 aliphatic carbocycles. The third kappa shape index (κ3) is 3.80. The Morgan fingerprint density at radius 2 is 1.97 bits per heavy atom. The minimum absolute atomic E-state index is 0.0164. The van der Waals surface area contributed by atoms with Gasteiger partial charge in [0, 0.05) is 24.7 Å². The molecule has 1 aromatic carbocycles. The van der Waals surface area contributed by atoms with E-state index in [-0.39, 0.29) is 31.1 Å². The van der Waals surface area contributed by atoms with E-state index in [1.54, 1.807) is 7.11 Å². The predicted octanol–water partition coefficient (Wildman–Crippen LogP) is 4.11. The number of rotatable bonds is 6. The molecule has 1 saturated heterocycles. The van der Waals surface area contributed by atoms with E-state index < -0.39 is 0 Å². The van der Waals surface area contributed by atoms with Gasteiger partial charge in [-0.1, -0.05) is 18.9 Å². The van der Waals surface area contributed by atoms with Gasteiger partial charge in [0.15, 0.2) is 12.6 Å². The van der Waals surface area contributed by atoms with Crippen molar-refractivity contribution in [3.63, 3.8) is 0 Å². The van der Waals surface area contributed by atoms with Crippen molar-refractivity contribution in [2.24, 2.45) is 0 Å². The first-order valence-electron chi connectivity index (χ1n) is 12.5. The Morgan fingerprint density at radius 1 is 1.06 bits per heavy atom. The average molecular weight is 452 g/mol. The van der Waals surface area contributed by atoms with Gasteiger partial charge in [-0.3, -0.25) is 0 Å². The Hall–Kier alpha value is -2.22. The zero-order valence-corrected chi connectivity index (χ0v) is 19.3. The van der Waals surface area contributed by atoms with Gasteiger partial charge in [-0.05, 0) is 67.7 Å². The van der Waals surface area contributed by atoms with Crippen molar-refractivity contribution in [3.8, 4) is 17.0 Å². The zero-order valence-electron chi connectivity index (χ0n) is 19.3. The van der Waals surface area contributed by atoms with Gasteiger partial charge in [0.2, 0.25) is 0 Å². The molecule has 3 heterocycles. The Labute approximate surface area is 194 Å². The Morgan fingerprint density at radius 3 is 2.85 bits per heavy atom. The number of hydrogen-bond acceptors (Lipinski definition) is 7. The molecule has 0 unspecified atom stereocenters. The largest absolute Gasteiger partial charge is 0.467 e. The molecule has 7 nitrogen and oxygen atoms in total. The molecule has 176 valence electrons. The molecule has 6 rings (SSSR count). The van der Waals surface area contributed by atoms with Crippen LogP contribution in [0.2, 0.25) is 0 Å². The number of benzene rings is 1. The molecule has 4 atom stereocenters. The molecular formula is C26H33N3O4. The summed E-state index contributed by atoms with van der Waals surface area (Å²) in [5.41, 5.74) is 6.89. The van der Waals surface area contributed by atoms with E-state index in [9.17, 15) is 5.11 Å². The molecule has 1 saturated carbocycles. The molecule has 2 bridgehead atoms. The number of nitrogens with zero attached hydrogens (tertiary/aromatic N) is 2. The summed E-state index contributed by atoms with van der Waals surface area (Å²) < 4.78 is 17.7. The van der Waals surface area contributed by atoms with Gasteiger partial charge in [-0.2, -0.15) is 0 Å². The van der Waals surface area contributed by atoms with Crippen LogP contribution in [0.4, 0.5) is 5.82 Å². The minimum atomic E-state index is -0.345. The molecule has 2 fully saturated rings. The predicted molar refractivity (Wildman–Crippen MR) is 124 cm³/mol. The minimum Gasteiger partial charge on any atom is -0.467 e. The maximum absolute atomic E-state index is 10.5. The number of aryl methyl sites for hydroxylation is 1. The van der Waals surface area contributed by atoms with Crippen molar-refractivity contribution >= 4 is 5.82 Å². The van der Waals surface area contributed by atoms with Crippen LogP contribution in [0, 0.1) is 0 Å². The number of nitrogens with one attached hydrogen (secondary N) is 1. The topological polar surface area (TPSA) is 85.7 Å². The normalized spacial score (nSPS) is 27.8. The molecule has 0 amide bonds. The summed E-state index contributed by atoms with van der Waals surface area (Å²) in [6.45, 7) is 0.215. The van der Waals surface area contributed by atoms with E-state index in [0.717, 1.165) is 92.6 Å². The third-order valence-corrected chi connectivity index (χ3v) is 7.84. The van der Waals surface area contributed by atoms with Crippen LogP contribution in [0.25, 0.3) is 11.3 Å². The van der Waals surface area contributed by atoms with Crippen molar-refractivity contribution in [2.45, 2.75) is 88.6 Å². The number of ether oxygens (including phenoxy) is 3. The molecule has 33 heavy (non-hydrogen) atoms. The van der Waals surface area contributed by atoms with Gasteiger partial charge < -0.3 is 24.6 Å². The quantitative estimate of drug-likeness (QED) is 0.640. The first-order valence-corrected chi connectivity index (χ1v) is 12.5. The third-order valence-electron chi connectivity index (χ3n) is 7.84. The van der Waals surface area contributed by atoms with Crippen molar-refractivity contribution in [1.82, 2.24) is 10.2 Å². The van der Waals surface area contributed by atoms with Crippen LogP contribution in [0.5, 0.6) is 5.75 Å². The lowest BCUT2D eigenvalue weighted by Crippen LogP contribution is -2.37. The van der Waals surface area contributed by atoms with E-state index in [1.807, 2.05) is 0 Å². The summed E-state index contributed by atoms with van der Waals surface area (Å²) in [7, 11) is 1.65. The fourth-order valence-electron chi connectivity index (χ4n) is 6.21. The molecule has 1 aromatic heterocycles. The fourth-order valence-corrected chi connectivity index (χ4v) is 6.21. The Bertz CT molecular complexity index is 1040. The summed E-state index contributed by atoms with van der Waals surface area (Å²) in [6, 6.07) is 4.39. The van der Waals surface area contributed by atoms with Gasteiger partial charge in [0.05, 0.1) is 24.4 Å². The second-order valence-electron chi connectivity index (χ2n) is 9.90. The number of aromatic nitrogens is 2. The summed E-state index contributed by atoms with van der Waals surface area (Å²) in [6.07, 6.45) is 10.1. The van der Waals surface area contributed by atoms with Crippen LogP contribution in [-0.2, 0) is 28.7 Å². The lowest BCUT2D eigenvalue weighted by molar-refractivity contribution is 0.0323. The monoisotopic (exact) mass is 451 g/mol. The van der Waals surface area contributed by atoms with Gasteiger partial charge in [0.25, 0.3) is 0 Å². The maximum atomic E-state index is 10.5. The zero-order chi connectivity index (χ0) is 22.4. The number of hydrogen-bond donors (Lipinski definition) is 2. The summed E-state index contributed by atoms with van der Waals surface area (Å²) in [5, 5.41) is 23.6. The van der Waals surface area contributed by atoms with Crippen LogP contribution in [0.3, 0.4) is 0 Å². The first-order chi connectivity index (χ1) is 16.2. The van der Waals surface area contributed by atoms with Crippen molar-refractivity contribution in [1.29, 1.82) is 0 Å². The highest BCUT2D eigenvalue weighted by molar-refractivity contribution is 5.76. The molecule has 2 aliphatic heterocycles. The molecule has 7 heteroatoms. The molecule has 0 radical (unpaired) electrons. The molecule has 0 spiro atoms. The van der Waals surface area contributed by atoms with Gasteiger partial charge in [0.1, 0.15) is 11.4 Å². The molecular weight excluding hydrogens is 418 g/mol. The fraction of sp³-hybridized carbons (Fsp3) is 0.615. The standard InChI is InChI=1S/C26H33N3O4/c1-31-14-32-25-17-6-4-5-15(17)9-11-18(25)24-19-13-16-10-12-22(33-16)23(19)26(29-28-24)27-20-7-2-3-8-21(20)30/h9,11,16,20-22,30H,2-8,10,12-14H2,1H3,(H,27,29)/t16-,20+,21+,22+/m0/s1. The van der Waals surface area contributed by atoms with E-state index in [0.29, 0.717) is 0 Å². The van der Waals surface area contributed by atoms with Crippen molar-refractivity contribution in [2.75, 3.05) is 19.2 Å². The second kappa shape index (κ2) is 8.85. The highest BCUT2D eigenvalue weighted by Gasteiger charge is 2.39. The average Bonchev–Trinajstić information content (AvgIpc) is 3.46. The van der Waals surface area contributed by atoms with Crippen LogP contribution in [0.1, 0.15) is 73.3 Å². The van der Waals surface area contributed by atoms with Crippen LogP contribution in [-0.4, -0.2) is 47.5 Å². The number of aliphatic hydroxyl groups is 1. The Balaban J connectivity index is 1.45. The smallest absolute Gasteiger partial charge is 0.188 e. The Kier molecular flexibility index (Phi) is 5.72. The summed E-state index contributed by atoms with van der Waals surface area (Å²) >= 11 is 0. The number of aliphatic hydroxyl groups excluding tert-OH is 1. The number of methoxy groups -OCH3 is 1. The highest BCUT2D eigenvalue weighted by Crippen LogP contribution is 2.48. The molecule has 2 N–H and O–H groups in total. The van der Waals surface area contributed by atoms with Crippen LogP contribution < -0.4 is 10.1 Å². The number of anilines is 1. The second-order valence-corrected chi connectivity index (χ2v) is 9.90. The van der Waals surface area contributed by atoms with Crippen LogP contribution in [0.15, 0.2) is 12.1 Å². The lowest BCUT2D eigenvalue weighted by atomic mass is 9.90. The van der Waals surface area contributed by atoms with E-state index >= 15 is 0 Å². The maximum Gasteiger partial charge on any atom is 0.188 e. The molecule has 4 aliphatic rings.